The fourth-order valence-electron chi connectivity index (χ4n) is 2.16. The van der Waals surface area contributed by atoms with Gasteiger partial charge in [0.1, 0.15) is 6.54 Å². The fraction of sp³-hybridized carbons (Fsp3) is 0.833. The molecule has 0 heterocycles. The lowest BCUT2D eigenvalue weighted by molar-refractivity contribution is -0.137. The van der Waals surface area contributed by atoms with Crippen molar-refractivity contribution in [2.45, 2.75) is 44.6 Å². The first-order chi connectivity index (χ1) is 8.16. The van der Waals surface area contributed by atoms with Gasteiger partial charge in [0.2, 0.25) is 0 Å². The number of nitrogens with zero attached hydrogens (tertiary/aromatic N) is 1. The van der Waals surface area contributed by atoms with E-state index in [9.17, 15) is 9.59 Å². The van der Waals surface area contributed by atoms with Crippen molar-refractivity contribution in [1.29, 1.82) is 0 Å². The number of hydrogen-bond acceptors (Lipinski definition) is 2. The summed E-state index contributed by atoms with van der Waals surface area (Å²) in [5.41, 5.74) is 0. The Morgan fingerprint density at radius 3 is 2.41 bits per heavy atom. The van der Waals surface area contributed by atoms with Crippen LogP contribution in [0.15, 0.2) is 0 Å². The Morgan fingerprint density at radius 2 is 1.94 bits per heavy atom. The zero-order valence-electron chi connectivity index (χ0n) is 10.0. The molecular formula is C12H20N2O3. The van der Waals surface area contributed by atoms with E-state index in [1.54, 1.807) is 0 Å². The normalized spacial score (nSPS) is 19.5. The van der Waals surface area contributed by atoms with Crippen LogP contribution in [0.25, 0.3) is 0 Å². The van der Waals surface area contributed by atoms with Gasteiger partial charge in [-0.1, -0.05) is 19.3 Å². The van der Waals surface area contributed by atoms with Gasteiger partial charge in [-0.2, -0.15) is 0 Å². The van der Waals surface area contributed by atoms with Crippen LogP contribution >= 0.6 is 0 Å². The molecule has 0 bridgehead atoms. The molecule has 2 aliphatic rings. The minimum Gasteiger partial charge on any atom is -0.480 e. The molecule has 2 fully saturated rings. The Hall–Kier alpha value is -1.26. The Morgan fingerprint density at radius 1 is 1.24 bits per heavy atom. The van der Waals surface area contributed by atoms with Crippen molar-refractivity contribution in [3.63, 3.8) is 0 Å². The number of carbonyl (C=O) groups is 2. The van der Waals surface area contributed by atoms with Crippen molar-refractivity contribution >= 4 is 12.0 Å². The van der Waals surface area contributed by atoms with Gasteiger partial charge >= 0.3 is 12.0 Å². The van der Waals surface area contributed by atoms with E-state index in [1.165, 1.54) is 24.2 Å². The molecule has 0 aromatic carbocycles. The maximum atomic E-state index is 11.8. The van der Waals surface area contributed by atoms with E-state index in [2.05, 4.69) is 5.32 Å². The highest BCUT2D eigenvalue weighted by molar-refractivity contribution is 5.80. The molecule has 0 aromatic heterocycles. The third-order valence-electron chi connectivity index (χ3n) is 3.61. The van der Waals surface area contributed by atoms with Crippen molar-refractivity contribution < 1.29 is 14.7 Å². The second kappa shape index (κ2) is 5.38. The largest absolute Gasteiger partial charge is 0.480 e. The predicted molar refractivity (Wildman–Crippen MR) is 62.7 cm³/mol. The zero-order chi connectivity index (χ0) is 12.3. The molecule has 96 valence electrons. The average molecular weight is 240 g/mol. The highest BCUT2D eigenvalue weighted by atomic mass is 16.4. The van der Waals surface area contributed by atoms with Crippen LogP contribution in [0.1, 0.15) is 38.5 Å². The minimum atomic E-state index is -0.939. The van der Waals surface area contributed by atoms with Crippen molar-refractivity contribution in [1.82, 2.24) is 10.2 Å². The van der Waals surface area contributed by atoms with Gasteiger partial charge < -0.3 is 15.3 Å². The van der Waals surface area contributed by atoms with E-state index in [1.807, 2.05) is 0 Å². The lowest BCUT2D eigenvalue weighted by Crippen LogP contribution is -2.44. The Bertz CT molecular complexity index is 298. The monoisotopic (exact) mass is 240 g/mol. The van der Waals surface area contributed by atoms with Crippen LogP contribution in [0.3, 0.4) is 0 Å². The standard InChI is InChI=1S/C12H20N2O3/c15-11(16)8-14(10-4-5-10)12(17)13-7-6-9-2-1-3-9/h9-10H,1-8H2,(H,13,17)(H,15,16). The highest BCUT2D eigenvalue weighted by Crippen LogP contribution is 2.29. The predicted octanol–water partition coefficient (Wildman–Crippen LogP) is 1.44. The summed E-state index contributed by atoms with van der Waals surface area (Å²) in [6, 6.07) is -0.0657. The molecule has 2 rings (SSSR count). The molecule has 0 spiro atoms. The molecule has 0 saturated heterocycles. The van der Waals surface area contributed by atoms with Gasteiger partial charge in [-0.15, -0.1) is 0 Å². The summed E-state index contributed by atoms with van der Waals surface area (Å²) >= 11 is 0. The molecule has 2 aliphatic carbocycles. The molecule has 5 nitrogen and oxygen atoms in total. The summed E-state index contributed by atoms with van der Waals surface area (Å²) in [6.45, 7) is 0.492. The Kier molecular flexibility index (Phi) is 3.86. The van der Waals surface area contributed by atoms with Crippen molar-refractivity contribution in [3.8, 4) is 0 Å². The van der Waals surface area contributed by atoms with Gasteiger partial charge in [0.05, 0.1) is 0 Å². The lowest BCUT2D eigenvalue weighted by Gasteiger charge is -2.26. The number of nitrogens with one attached hydrogen (secondary N) is 1. The van der Waals surface area contributed by atoms with E-state index in [0.29, 0.717) is 6.54 Å². The number of aliphatic carboxylic acids is 1. The number of rotatable bonds is 6. The van der Waals surface area contributed by atoms with E-state index in [0.717, 1.165) is 25.2 Å². The summed E-state index contributed by atoms with van der Waals surface area (Å²) in [7, 11) is 0. The number of hydrogen-bond donors (Lipinski definition) is 2. The average Bonchev–Trinajstić information content (AvgIpc) is 3.01. The first-order valence-electron chi connectivity index (χ1n) is 6.43. The number of carbonyl (C=O) groups excluding carboxylic acids is 1. The van der Waals surface area contributed by atoms with Crippen LogP contribution in [-0.4, -0.2) is 41.1 Å². The molecule has 2 amide bonds. The van der Waals surface area contributed by atoms with Crippen LogP contribution in [0.4, 0.5) is 4.79 Å². The molecule has 0 aromatic rings. The molecule has 0 radical (unpaired) electrons. The summed E-state index contributed by atoms with van der Waals surface area (Å²) in [5, 5.41) is 11.6. The van der Waals surface area contributed by atoms with Crippen molar-refractivity contribution in [3.05, 3.63) is 0 Å². The van der Waals surface area contributed by atoms with Crippen LogP contribution < -0.4 is 5.32 Å². The third-order valence-corrected chi connectivity index (χ3v) is 3.61. The van der Waals surface area contributed by atoms with Crippen LogP contribution in [0, 0.1) is 5.92 Å². The molecule has 0 unspecified atom stereocenters. The zero-order valence-corrected chi connectivity index (χ0v) is 10.0. The van der Waals surface area contributed by atoms with E-state index in [-0.39, 0.29) is 18.6 Å². The number of carboxylic acid groups (broad SMARTS) is 1. The smallest absolute Gasteiger partial charge is 0.323 e. The van der Waals surface area contributed by atoms with E-state index >= 15 is 0 Å². The SMILES string of the molecule is O=C(O)CN(C(=O)NCCC1CCC1)C1CC1. The maximum Gasteiger partial charge on any atom is 0.323 e. The summed E-state index contributed by atoms with van der Waals surface area (Å²) in [6.07, 6.45) is 6.75. The molecule has 2 N–H and O–H groups in total. The topological polar surface area (TPSA) is 69.6 Å². The summed E-state index contributed by atoms with van der Waals surface area (Å²) in [4.78, 5) is 23.9. The first-order valence-corrected chi connectivity index (χ1v) is 6.43. The molecular weight excluding hydrogens is 220 g/mol. The van der Waals surface area contributed by atoms with Gasteiger partial charge in [-0.05, 0) is 25.2 Å². The van der Waals surface area contributed by atoms with Crippen LogP contribution in [-0.2, 0) is 4.79 Å². The molecule has 2 saturated carbocycles. The number of urea groups is 1. The molecule has 17 heavy (non-hydrogen) atoms. The van der Waals surface area contributed by atoms with Crippen molar-refractivity contribution in [2.75, 3.05) is 13.1 Å². The van der Waals surface area contributed by atoms with E-state index < -0.39 is 5.97 Å². The summed E-state index contributed by atoms with van der Waals surface area (Å²) < 4.78 is 0. The Labute approximate surface area is 101 Å². The molecule has 0 atom stereocenters. The summed E-state index contributed by atoms with van der Waals surface area (Å²) in [5.74, 6) is -0.171. The lowest BCUT2D eigenvalue weighted by atomic mass is 9.83. The van der Waals surface area contributed by atoms with E-state index in [4.69, 9.17) is 5.11 Å². The quantitative estimate of drug-likeness (QED) is 0.738. The maximum absolute atomic E-state index is 11.8. The van der Waals surface area contributed by atoms with Crippen LogP contribution in [0.2, 0.25) is 0 Å². The van der Waals surface area contributed by atoms with Gasteiger partial charge in [0.15, 0.2) is 0 Å². The van der Waals surface area contributed by atoms with Gasteiger partial charge in [0, 0.05) is 12.6 Å². The van der Waals surface area contributed by atoms with Gasteiger partial charge in [-0.3, -0.25) is 4.79 Å². The molecule has 5 heteroatoms. The number of carboxylic acids is 1. The molecule has 0 aliphatic heterocycles. The Balaban J connectivity index is 1.69. The van der Waals surface area contributed by atoms with Crippen molar-refractivity contribution in [2.24, 2.45) is 5.92 Å². The third kappa shape index (κ3) is 3.61. The number of amides is 2. The second-order valence-electron chi connectivity index (χ2n) is 5.07. The van der Waals surface area contributed by atoms with Gasteiger partial charge in [-0.25, -0.2) is 4.79 Å². The fourth-order valence-corrected chi connectivity index (χ4v) is 2.16. The van der Waals surface area contributed by atoms with Crippen LogP contribution in [0.5, 0.6) is 0 Å². The minimum absolute atomic E-state index is 0.148. The first kappa shape index (κ1) is 12.2. The highest BCUT2D eigenvalue weighted by Gasteiger charge is 2.33. The second-order valence-corrected chi connectivity index (χ2v) is 5.07. The van der Waals surface area contributed by atoms with Gasteiger partial charge in [0.25, 0.3) is 0 Å².